The van der Waals surface area contributed by atoms with Crippen molar-refractivity contribution in [1.29, 1.82) is 0 Å². The number of aryl methyl sites for hydroxylation is 1. The number of carbonyl (C=O) groups excluding carboxylic acids is 1. The second kappa shape index (κ2) is 3.32. The molecule has 1 heterocycles. The predicted molar refractivity (Wildman–Crippen MR) is 59.6 cm³/mol. The van der Waals surface area contributed by atoms with Crippen molar-refractivity contribution in [2.24, 2.45) is 11.8 Å². The van der Waals surface area contributed by atoms with Crippen LogP contribution >= 0.6 is 0 Å². The highest BCUT2D eigenvalue weighted by molar-refractivity contribution is 5.85. The van der Waals surface area contributed by atoms with Crippen molar-refractivity contribution in [2.75, 3.05) is 13.7 Å². The Balaban J connectivity index is 1.78. The lowest BCUT2D eigenvalue weighted by molar-refractivity contribution is -0.171. The summed E-state index contributed by atoms with van der Waals surface area (Å²) in [6, 6.07) is 8.51. The zero-order valence-corrected chi connectivity index (χ0v) is 9.51. The molecule has 0 aromatic heterocycles. The predicted octanol–water partition coefficient (Wildman–Crippen LogP) is 1.73. The minimum absolute atomic E-state index is 0.151. The molecule has 1 saturated carbocycles. The van der Waals surface area contributed by atoms with E-state index in [1.54, 1.807) is 7.11 Å². The molecule has 1 aromatic carbocycles. The average Bonchev–Trinajstić information content (AvgIpc) is 2.91. The van der Waals surface area contributed by atoms with E-state index in [4.69, 9.17) is 4.84 Å². The minimum atomic E-state index is 0.151. The van der Waals surface area contributed by atoms with Gasteiger partial charge in [0.2, 0.25) is 5.91 Å². The van der Waals surface area contributed by atoms with Gasteiger partial charge in [-0.15, -0.1) is 0 Å². The van der Waals surface area contributed by atoms with Crippen LogP contribution in [-0.4, -0.2) is 24.6 Å². The Hall–Kier alpha value is -1.35. The summed E-state index contributed by atoms with van der Waals surface area (Å²) in [7, 11) is 1.56. The summed E-state index contributed by atoms with van der Waals surface area (Å²) in [6.07, 6.45) is 0. The summed E-state index contributed by atoms with van der Waals surface area (Å²) < 4.78 is 0. The SMILES string of the molecule is CON1C[C@H]2[C@@H](C1=O)[C@@H]2c1ccc(C)cc1. The molecular weight excluding hydrogens is 202 g/mol. The first-order chi connectivity index (χ1) is 7.72. The number of amides is 1. The topological polar surface area (TPSA) is 29.5 Å². The molecule has 3 nitrogen and oxygen atoms in total. The number of fused-ring (bicyclic) bond motifs is 1. The molecule has 3 atom stereocenters. The maximum Gasteiger partial charge on any atom is 0.250 e. The van der Waals surface area contributed by atoms with E-state index in [0.29, 0.717) is 11.8 Å². The summed E-state index contributed by atoms with van der Waals surface area (Å²) >= 11 is 0. The van der Waals surface area contributed by atoms with Crippen molar-refractivity contribution in [1.82, 2.24) is 5.06 Å². The number of carbonyl (C=O) groups is 1. The third kappa shape index (κ3) is 1.28. The summed E-state index contributed by atoms with van der Waals surface area (Å²) in [6.45, 7) is 2.83. The van der Waals surface area contributed by atoms with Crippen molar-refractivity contribution in [3.63, 3.8) is 0 Å². The highest BCUT2D eigenvalue weighted by atomic mass is 16.7. The second-order valence-electron chi connectivity index (χ2n) is 4.71. The van der Waals surface area contributed by atoms with Crippen molar-refractivity contribution >= 4 is 5.91 Å². The van der Waals surface area contributed by atoms with Gasteiger partial charge in [-0.1, -0.05) is 29.8 Å². The van der Waals surface area contributed by atoms with Crippen LogP contribution in [0.25, 0.3) is 0 Å². The van der Waals surface area contributed by atoms with E-state index in [0.717, 1.165) is 6.54 Å². The van der Waals surface area contributed by atoms with Gasteiger partial charge in [-0.3, -0.25) is 9.63 Å². The molecule has 1 saturated heterocycles. The van der Waals surface area contributed by atoms with Crippen molar-refractivity contribution < 1.29 is 9.63 Å². The van der Waals surface area contributed by atoms with E-state index in [2.05, 4.69) is 31.2 Å². The quantitative estimate of drug-likeness (QED) is 0.755. The Morgan fingerprint density at radius 2 is 1.94 bits per heavy atom. The molecule has 0 spiro atoms. The Morgan fingerprint density at radius 3 is 2.44 bits per heavy atom. The number of hydrogen-bond acceptors (Lipinski definition) is 2. The fourth-order valence-electron chi connectivity index (χ4n) is 2.79. The van der Waals surface area contributed by atoms with Gasteiger partial charge >= 0.3 is 0 Å². The summed E-state index contributed by atoms with van der Waals surface area (Å²) in [5.41, 5.74) is 2.56. The number of rotatable bonds is 2. The molecule has 2 aliphatic rings. The van der Waals surface area contributed by atoms with Crippen LogP contribution in [0, 0.1) is 18.8 Å². The molecule has 1 aromatic rings. The molecule has 0 N–H and O–H groups in total. The second-order valence-corrected chi connectivity index (χ2v) is 4.71. The Morgan fingerprint density at radius 1 is 1.25 bits per heavy atom. The Kier molecular flexibility index (Phi) is 2.04. The van der Waals surface area contributed by atoms with Gasteiger partial charge in [-0.2, -0.15) is 0 Å². The van der Waals surface area contributed by atoms with Crippen molar-refractivity contribution in [3.8, 4) is 0 Å². The lowest BCUT2D eigenvalue weighted by Crippen LogP contribution is -2.28. The minimum Gasteiger partial charge on any atom is -0.274 e. The lowest BCUT2D eigenvalue weighted by atomic mass is 10.1. The fourth-order valence-corrected chi connectivity index (χ4v) is 2.79. The first kappa shape index (κ1) is 9.85. The van der Waals surface area contributed by atoms with Gasteiger partial charge in [0.1, 0.15) is 0 Å². The fraction of sp³-hybridized carbons (Fsp3) is 0.462. The first-order valence-corrected chi connectivity index (χ1v) is 5.64. The number of hydroxylamine groups is 2. The van der Waals surface area contributed by atoms with E-state index in [1.807, 2.05) is 0 Å². The number of nitrogens with zero attached hydrogens (tertiary/aromatic N) is 1. The van der Waals surface area contributed by atoms with Crippen LogP contribution in [0.1, 0.15) is 17.0 Å². The summed E-state index contributed by atoms with van der Waals surface area (Å²) in [5.74, 6) is 1.22. The first-order valence-electron chi connectivity index (χ1n) is 5.64. The highest BCUT2D eigenvalue weighted by Crippen LogP contribution is 2.58. The highest BCUT2D eigenvalue weighted by Gasteiger charge is 2.62. The van der Waals surface area contributed by atoms with Crippen LogP contribution in [0.4, 0.5) is 0 Å². The van der Waals surface area contributed by atoms with Crippen LogP contribution in [0.2, 0.25) is 0 Å². The molecule has 2 fully saturated rings. The van der Waals surface area contributed by atoms with Gasteiger partial charge < -0.3 is 0 Å². The molecule has 1 aliphatic heterocycles. The van der Waals surface area contributed by atoms with Crippen LogP contribution < -0.4 is 0 Å². The zero-order chi connectivity index (χ0) is 11.3. The number of benzene rings is 1. The van der Waals surface area contributed by atoms with Gasteiger partial charge in [-0.25, -0.2) is 5.06 Å². The summed E-state index contributed by atoms with van der Waals surface area (Å²) in [4.78, 5) is 16.8. The molecule has 16 heavy (non-hydrogen) atoms. The van der Waals surface area contributed by atoms with E-state index in [9.17, 15) is 4.79 Å². The smallest absolute Gasteiger partial charge is 0.250 e. The zero-order valence-electron chi connectivity index (χ0n) is 9.51. The molecule has 3 heteroatoms. The van der Waals surface area contributed by atoms with Crippen molar-refractivity contribution in [3.05, 3.63) is 35.4 Å². The normalized spacial score (nSPS) is 31.8. The number of hydrogen-bond donors (Lipinski definition) is 0. The monoisotopic (exact) mass is 217 g/mol. The molecule has 84 valence electrons. The van der Waals surface area contributed by atoms with Gasteiger partial charge in [-0.05, 0) is 18.4 Å². The third-order valence-corrected chi connectivity index (χ3v) is 3.76. The Bertz CT molecular complexity index is 426. The number of piperidine rings is 1. The standard InChI is InChI=1S/C13H15NO2/c1-8-3-5-9(6-4-8)11-10-7-14(16-2)13(15)12(10)11/h3-6,10-12H,7H2,1-2H3/t10-,11-,12-/m1/s1. The Labute approximate surface area is 95.0 Å². The van der Waals surface area contributed by atoms with Gasteiger partial charge in [0.25, 0.3) is 0 Å². The van der Waals surface area contributed by atoms with Gasteiger partial charge in [0.15, 0.2) is 0 Å². The molecule has 1 amide bonds. The van der Waals surface area contributed by atoms with E-state index >= 15 is 0 Å². The molecule has 3 rings (SSSR count). The maximum atomic E-state index is 11.8. The third-order valence-electron chi connectivity index (χ3n) is 3.76. The maximum absolute atomic E-state index is 11.8. The van der Waals surface area contributed by atoms with Crippen LogP contribution in [0.3, 0.4) is 0 Å². The van der Waals surface area contributed by atoms with E-state index in [1.165, 1.54) is 16.2 Å². The van der Waals surface area contributed by atoms with E-state index in [-0.39, 0.29) is 11.8 Å². The molecule has 0 bridgehead atoms. The molecule has 1 aliphatic carbocycles. The molecule has 0 radical (unpaired) electrons. The molecular formula is C13H15NO2. The van der Waals surface area contributed by atoms with Crippen LogP contribution in [0.15, 0.2) is 24.3 Å². The average molecular weight is 217 g/mol. The summed E-state index contributed by atoms with van der Waals surface area (Å²) in [5, 5.41) is 1.49. The van der Waals surface area contributed by atoms with E-state index < -0.39 is 0 Å². The van der Waals surface area contributed by atoms with Crippen LogP contribution in [0.5, 0.6) is 0 Å². The van der Waals surface area contributed by atoms with Crippen molar-refractivity contribution in [2.45, 2.75) is 12.8 Å². The van der Waals surface area contributed by atoms with Gasteiger partial charge in [0, 0.05) is 5.92 Å². The largest absolute Gasteiger partial charge is 0.274 e. The van der Waals surface area contributed by atoms with Gasteiger partial charge in [0.05, 0.1) is 19.6 Å². The molecule has 0 unspecified atom stereocenters. The lowest BCUT2D eigenvalue weighted by Gasteiger charge is -2.16. The van der Waals surface area contributed by atoms with Crippen LogP contribution in [-0.2, 0) is 9.63 Å².